The second-order valence-electron chi connectivity index (χ2n) is 27.8. The van der Waals surface area contributed by atoms with Gasteiger partial charge in [0, 0.05) is 6.42 Å². The molecule has 3 rings (SSSR count). The van der Waals surface area contributed by atoms with E-state index in [1.54, 1.807) is 6.08 Å². The van der Waals surface area contributed by atoms with E-state index in [1.165, 1.54) is 161 Å². The summed E-state index contributed by atoms with van der Waals surface area (Å²) in [5.41, 5.74) is 0. The van der Waals surface area contributed by atoms with Crippen molar-refractivity contribution < 1.29 is 89.4 Å². The number of aliphatic hydroxyl groups excluding tert-OH is 11. The topological polar surface area (TPSA) is 307 Å². The summed E-state index contributed by atoms with van der Waals surface area (Å²) in [7, 11) is 0. The summed E-state index contributed by atoms with van der Waals surface area (Å²) in [4.78, 5) is 13.5. The van der Waals surface area contributed by atoms with E-state index in [4.69, 9.17) is 28.4 Å². The van der Waals surface area contributed by atoms with E-state index < -0.39 is 124 Å². The van der Waals surface area contributed by atoms with Crippen LogP contribution in [0.4, 0.5) is 0 Å². The van der Waals surface area contributed by atoms with Crippen molar-refractivity contribution in [2.45, 2.75) is 388 Å². The molecule has 19 heteroatoms. The smallest absolute Gasteiger partial charge is 0.220 e. The van der Waals surface area contributed by atoms with Crippen molar-refractivity contribution in [2.75, 3.05) is 26.4 Å². The summed E-state index contributed by atoms with van der Waals surface area (Å²) >= 11 is 0. The molecule has 574 valence electrons. The maximum atomic E-state index is 13.5. The molecule has 19 nitrogen and oxygen atoms in total. The Labute approximate surface area is 597 Å². The molecule has 0 radical (unpaired) electrons. The van der Waals surface area contributed by atoms with E-state index in [9.17, 15) is 61.0 Å². The number of hydrogen-bond donors (Lipinski definition) is 12. The van der Waals surface area contributed by atoms with Crippen LogP contribution in [-0.2, 0) is 33.2 Å². The minimum atomic E-state index is -1.98. The Kier molecular flexibility index (Phi) is 54.9. The van der Waals surface area contributed by atoms with Gasteiger partial charge in [0.2, 0.25) is 5.91 Å². The molecule has 99 heavy (non-hydrogen) atoms. The summed E-state index contributed by atoms with van der Waals surface area (Å²) < 4.78 is 34.4. The van der Waals surface area contributed by atoms with Crippen molar-refractivity contribution in [2.24, 2.45) is 0 Å². The number of ether oxygens (including phenoxy) is 6. The van der Waals surface area contributed by atoms with Crippen molar-refractivity contribution >= 4 is 5.91 Å². The van der Waals surface area contributed by atoms with Gasteiger partial charge in [-0.3, -0.25) is 4.79 Å². The second kappa shape index (κ2) is 60.3. The van der Waals surface area contributed by atoms with Crippen molar-refractivity contribution in [3.05, 3.63) is 85.1 Å². The molecule has 12 N–H and O–H groups in total. The van der Waals surface area contributed by atoms with Gasteiger partial charge in [-0.1, -0.05) is 292 Å². The molecule has 0 aromatic rings. The number of carbonyl (C=O) groups excluding carboxylic acids is 1. The molecule has 17 atom stereocenters. The van der Waals surface area contributed by atoms with Gasteiger partial charge in [0.05, 0.1) is 38.6 Å². The van der Waals surface area contributed by atoms with Gasteiger partial charge in [-0.05, 0) is 70.6 Å². The number of aliphatic hydroxyl groups is 11. The van der Waals surface area contributed by atoms with Crippen molar-refractivity contribution in [1.29, 1.82) is 0 Å². The molecule has 0 saturated carbocycles. The van der Waals surface area contributed by atoms with Gasteiger partial charge < -0.3 is 89.9 Å². The minimum absolute atomic E-state index is 0.234. The summed E-state index contributed by atoms with van der Waals surface area (Å²) in [6.07, 6.45) is 52.7. The molecule has 1 amide bonds. The maximum Gasteiger partial charge on any atom is 0.220 e. The molecule has 17 unspecified atom stereocenters. The van der Waals surface area contributed by atoms with Gasteiger partial charge in [-0.2, -0.15) is 0 Å². The second-order valence-corrected chi connectivity index (χ2v) is 27.8. The van der Waals surface area contributed by atoms with Crippen LogP contribution in [0.1, 0.15) is 284 Å². The highest BCUT2D eigenvalue weighted by Gasteiger charge is 2.53. The Balaban J connectivity index is 1.40. The van der Waals surface area contributed by atoms with E-state index in [0.29, 0.717) is 6.42 Å². The zero-order valence-electron chi connectivity index (χ0n) is 61.2. The predicted octanol–water partition coefficient (Wildman–Crippen LogP) is 12.6. The normalized spacial score (nSPS) is 27.1. The molecule has 3 aliphatic heterocycles. The average Bonchev–Trinajstić information content (AvgIpc) is 0.785. The van der Waals surface area contributed by atoms with Crippen LogP contribution < -0.4 is 5.32 Å². The van der Waals surface area contributed by atoms with Crippen molar-refractivity contribution in [1.82, 2.24) is 5.32 Å². The molecule has 0 bridgehead atoms. The predicted molar refractivity (Wildman–Crippen MR) is 392 cm³/mol. The fraction of sp³-hybridized carbons (Fsp3) is 0.812. The van der Waals surface area contributed by atoms with Gasteiger partial charge in [0.25, 0.3) is 0 Å². The Bertz CT molecular complexity index is 2120. The summed E-state index contributed by atoms with van der Waals surface area (Å²) in [6.45, 7) is 1.64. The van der Waals surface area contributed by atoms with Crippen LogP contribution in [0.25, 0.3) is 0 Å². The Hall–Kier alpha value is -3.03. The van der Waals surface area contributed by atoms with Crippen LogP contribution in [0.15, 0.2) is 85.1 Å². The zero-order valence-corrected chi connectivity index (χ0v) is 61.2. The standard InChI is InChI=1S/C80H141NO18/c1-3-5-7-9-11-13-15-17-19-21-23-25-27-29-30-31-32-34-36-38-40-42-44-46-48-50-52-54-56-58-68(86)81-63(64(85)57-55-53-51-49-47-45-43-41-39-37-35-33-28-26-24-22-20-18-16-14-12-10-8-6-4-2)62-94-78-74(92)71(89)76(66(60-83)96-78)99-80-75(93)72(90)77(67(61-84)97-80)98-79-73(91)70(88)69(87)65(59-82)95-79/h5,7,11,13,17,19,23,25,29-30,32,34,55,57,63-67,69-80,82-85,87-93H,3-4,6,8-10,12,14-16,18,20-22,24,26-28,31,33,35-54,56,58-62H2,1-2H3,(H,81,86)/b7-5-,13-11-,19-17-,25-23-,30-29-,34-32-,57-55+. The van der Waals surface area contributed by atoms with Crippen LogP contribution >= 0.6 is 0 Å². The highest BCUT2D eigenvalue weighted by atomic mass is 16.8. The first-order valence-corrected chi connectivity index (χ1v) is 39.3. The lowest BCUT2D eigenvalue weighted by molar-refractivity contribution is -0.379. The van der Waals surface area contributed by atoms with Crippen LogP contribution in [0.5, 0.6) is 0 Å². The number of amides is 1. The number of carbonyl (C=O) groups is 1. The first-order valence-electron chi connectivity index (χ1n) is 39.3. The summed E-state index contributed by atoms with van der Waals surface area (Å²) in [5, 5.41) is 121. The minimum Gasteiger partial charge on any atom is -0.394 e. The SMILES string of the molecule is CC/C=C\C/C=C\C/C=C\C/C=C\C/C=C\C/C=C\CCCCCCCCCCCCC(=O)NC(COC1OC(CO)C(OC2OC(CO)C(OC3OC(CO)C(O)C(O)C3O)C(O)C2O)C(O)C1O)C(O)/C=C/CCCCCCCCCCCCCCCCCCCCCCCCC. The Morgan fingerprint density at radius 1 is 0.374 bits per heavy atom. The number of rotatable bonds is 61. The Morgan fingerprint density at radius 2 is 0.697 bits per heavy atom. The van der Waals surface area contributed by atoms with Crippen molar-refractivity contribution in [3.8, 4) is 0 Å². The fourth-order valence-corrected chi connectivity index (χ4v) is 12.9. The van der Waals surface area contributed by atoms with E-state index in [1.807, 2.05) is 6.08 Å². The lowest BCUT2D eigenvalue weighted by atomic mass is 9.96. The molecule has 3 saturated heterocycles. The maximum absolute atomic E-state index is 13.5. The monoisotopic (exact) mass is 1400 g/mol. The third kappa shape index (κ3) is 40.7. The molecular weight excluding hydrogens is 1260 g/mol. The lowest BCUT2D eigenvalue weighted by Crippen LogP contribution is -2.66. The average molecular weight is 1400 g/mol. The fourth-order valence-electron chi connectivity index (χ4n) is 12.9. The summed E-state index contributed by atoms with van der Waals surface area (Å²) in [5.74, 6) is -0.281. The van der Waals surface area contributed by atoms with Crippen LogP contribution in [-0.4, -0.2) is 193 Å². The van der Waals surface area contributed by atoms with E-state index in [-0.39, 0.29) is 18.9 Å². The number of hydrogen-bond acceptors (Lipinski definition) is 18. The molecule has 0 spiro atoms. The Morgan fingerprint density at radius 3 is 1.09 bits per heavy atom. The van der Waals surface area contributed by atoms with Gasteiger partial charge in [0.15, 0.2) is 18.9 Å². The van der Waals surface area contributed by atoms with E-state index in [2.05, 4.69) is 92.1 Å². The van der Waals surface area contributed by atoms with Gasteiger partial charge in [-0.25, -0.2) is 0 Å². The first kappa shape index (κ1) is 90.2. The number of unbranched alkanes of at least 4 members (excludes halogenated alkanes) is 33. The third-order valence-electron chi connectivity index (χ3n) is 19.2. The summed E-state index contributed by atoms with van der Waals surface area (Å²) in [6, 6.07) is -0.982. The van der Waals surface area contributed by atoms with E-state index in [0.717, 1.165) is 96.3 Å². The van der Waals surface area contributed by atoms with Crippen LogP contribution in [0, 0.1) is 0 Å². The molecule has 3 heterocycles. The molecular formula is C80H141NO18. The molecule has 0 aromatic heterocycles. The molecule has 3 fully saturated rings. The quantitative estimate of drug-likeness (QED) is 0.0199. The number of allylic oxidation sites excluding steroid dienone is 13. The van der Waals surface area contributed by atoms with Gasteiger partial charge in [0.1, 0.15) is 73.2 Å². The van der Waals surface area contributed by atoms with E-state index >= 15 is 0 Å². The van der Waals surface area contributed by atoms with Crippen LogP contribution in [0.2, 0.25) is 0 Å². The highest BCUT2D eigenvalue weighted by molar-refractivity contribution is 5.76. The molecule has 0 aliphatic carbocycles. The van der Waals surface area contributed by atoms with Gasteiger partial charge >= 0.3 is 0 Å². The molecule has 0 aromatic carbocycles. The van der Waals surface area contributed by atoms with Crippen molar-refractivity contribution in [3.63, 3.8) is 0 Å². The van der Waals surface area contributed by atoms with Gasteiger partial charge in [-0.15, -0.1) is 0 Å². The zero-order chi connectivity index (χ0) is 71.8. The first-order chi connectivity index (χ1) is 48.3. The van der Waals surface area contributed by atoms with Crippen LogP contribution in [0.3, 0.4) is 0 Å². The highest BCUT2D eigenvalue weighted by Crippen LogP contribution is 2.33. The lowest BCUT2D eigenvalue weighted by Gasteiger charge is -2.48. The molecule has 3 aliphatic rings. The largest absolute Gasteiger partial charge is 0.394 e. The number of nitrogens with one attached hydrogen (secondary N) is 1. The third-order valence-corrected chi connectivity index (χ3v) is 19.2.